The third-order valence-electron chi connectivity index (χ3n) is 2.47. The van der Waals surface area contributed by atoms with E-state index in [2.05, 4.69) is 17.6 Å². The summed E-state index contributed by atoms with van der Waals surface area (Å²) in [7, 11) is 0. The highest BCUT2D eigenvalue weighted by atomic mass is 14.9. The van der Waals surface area contributed by atoms with Crippen LogP contribution in [0, 0.1) is 0 Å². The molecule has 0 saturated carbocycles. The second-order valence-electron chi connectivity index (χ2n) is 4.06. The van der Waals surface area contributed by atoms with Crippen molar-refractivity contribution < 1.29 is 0 Å². The third kappa shape index (κ3) is 13.9. The van der Waals surface area contributed by atoms with Gasteiger partial charge < -0.3 is 16.4 Å². The smallest absolute Gasteiger partial charge is 0.00368 e. The fraction of sp³-hybridized carbons (Fsp3) is 1.00. The van der Waals surface area contributed by atoms with E-state index in [1.54, 1.807) is 0 Å². The molecular formula is C12H29N3. The molecule has 0 aliphatic carbocycles. The van der Waals surface area contributed by atoms with E-state index in [1.165, 1.54) is 38.6 Å². The monoisotopic (exact) mass is 215 g/mol. The molecule has 0 aromatic rings. The highest BCUT2D eigenvalue weighted by Gasteiger charge is 1.89. The lowest BCUT2D eigenvalue weighted by molar-refractivity contribution is 0.561. The van der Waals surface area contributed by atoms with Crippen LogP contribution in [-0.2, 0) is 0 Å². The van der Waals surface area contributed by atoms with Gasteiger partial charge in [0.05, 0.1) is 0 Å². The molecule has 0 aliphatic heterocycles. The average molecular weight is 215 g/mol. The van der Waals surface area contributed by atoms with Crippen LogP contribution in [0.25, 0.3) is 0 Å². The zero-order chi connectivity index (χ0) is 11.2. The lowest BCUT2D eigenvalue weighted by Crippen LogP contribution is -2.24. The summed E-state index contributed by atoms with van der Waals surface area (Å²) in [5.41, 5.74) is 5.40. The van der Waals surface area contributed by atoms with Gasteiger partial charge in [-0.2, -0.15) is 0 Å². The van der Waals surface area contributed by atoms with Gasteiger partial charge in [-0.05, 0) is 52.0 Å². The minimum Gasteiger partial charge on any atom is -0.330 e. The summed E-state index contributed by atoms with van der Waals surface area (Å²) in [4.78, 5) is 0. The van der Waals surface area contributed by atoms with Crippen molar-refractivity contribution in [2.45, 2.75) is 45.4 Å². The van der Waals surface area contributed by atoms with Gasteiger partial charge >= 0.3 is 0 Å². The maximum atomic E-state index is 5.40. The maximum absolute atomic E-state index is 5.40. The minimum absolute atomic E-state index is 0.794. The fourth-order valence-corrected chi connectivity index (χ4v) is 1.49. The second kappa shape index (κ2) is 13.9. The minimum atomic E-state index is 0.794. The first-order chi connectivity index (χ1) is 7.41. The van der Waals surface area contributed by atoms with Crippen LogP contribution in [0.1, 0.15) is 45.4 Å². The summed E-state index contributed by atoms with van der Waals surface area (Å²) in [5, 5.41) is 6.85. The van der Waals surface area contributed by atoms with Crippen molar-refractivity contribution in [1.82, 2.24) is 10.6 Å². The molecule has 15 heavy (non-hydrogen) atoms. The zero-order valence-electron chi connectivity index (χ0n) is 10.4. The summed E-state index contributed by atoms with van der Waals surface area (Å²) in [6, 6.07) is 0. The van der Waals surface area contributed by atoms with Crippen molar-refractivity contribution in [3.63, 3.8) is 0 Å². The molecule has 0 aromatic heterocycles. The molecule has 3 heteroatoms. The van der Waals surface area contributed by atoms with Crippen LogP contribution < -0.4 is 16.4 Å². The molecule has 0 bridgehead atoms. The van der Waals surface area contributed by atoms with Crippen LogP contribution in [0.2, 0.25) is 0 Å². The van der Waals surface area contributed by atoms with Crippen LogP contribution in [0.5, 0.6) is 0 Å². The first-order valence-electron chi connectivity index (χ1n) is 6.53. The Labute approximate surface area is 95.2 Å². The van der Waals surface area contributed by atoms with Gasteiger partial charge in [-0.25, -0.2) is 0 Å². The zero-order valence-corrected chi connectivity index (χ0v) is 10.4. The van der Waals surface area contributed by atoms with Crippen LogP contribution in [0.3, 0.4) is 0 Å². The molecule has 92 valence electrons. The highest BCUT2D eigenvalue weighted by Crippen LogP contribution is 1.96. The van der Waals surface area contributed by atoms with E-state index in [-0.39, 0.29) is 0 Å². The molecule has 0 rings (SSSR count). The number of hydrogen-bond acceptors (Lipinski definition) is 3. The quantitative estimate of drug-likeness (QED) is 0.432. The Balaban J connectivity index is 2.81. The van der Waals surface area contributed by atoms with Crippen LogP contribution in [0.4, 0.5) is 0 Å². The summed E-state index contributed by atoms with van der Waals surface area (Å²) >= 11 is 0. The van der Waals surface area contributed by atoms with E-state index in [4.69, 9.17) is 5.73 Å². The Morgan fingerprint density at radius 3 is 1.93 bits per heavy atom. The Morgan fingerprint density at radius 1 is 0.733 bits per heavy atom. The van der Waals surface area contributed by atoms with Crippen LogP contribution in [0.15, 0.2) is 0 Å². The molecule has 0 atom stereocenters. The van der Waals surface area contributed by atoms with Gasteiger partial charge in [-0.3, -0.25) is 0 Å². The number of unbranched alkanes of at least 4 members (excludes halogenated alkanes) is 3. The van der Waals surface area contributed by atoms with Gasteiger partial charge in [0.15, 0.2) is 0 Å². The van der Waals surface area contributed by atoms with E-state index < -0.39 is 0 Å². The first kappa shape index (κ1) is 14.9. The van der Waals surface area contributed by atoms with Gasteiger partial charge in [0.2, 0.25) is 0 Å². The standard InChI is InChI=1S/C12H29N3/c1-2-3-4-5-9-14-11-7-12-15-10-6-8-13/h14-15H,2-13H2,1H3. The predicted molar refractivity (Wildman–Crippen MR) is 68.2 cm³/mol. The van der Waals surface area contributed by atoms with Crippen molar-refractivity contribution in [2.75, 3.05) is 32.7 Å². The number of rotatable bonds is 12. The van der Waals surface area contributed by atoms with Gasteiger partial charge in [0.1, 0.15) is 0 Å². The second-order valence-corrected chi connectivity index (χ2v) is 4.06. The molecule has 0 heterocycles. The molecule has 0 saturated heterocycles. The van der Waals surface area contributed by atoms with Crippen molar-refractivity contribution >= 4 is 0 Å². The largest absolute Gasteiger partial charge is 0.330 e. The maximum Gasteiger partial charge on any atom is -0.00368 e. The number of hydrogen-bond donors (Lipinski definition) is 3. The number of nitrogens with two attached hydrogens (primary N) is 1. The molecule has 0 radical (unpaired) electrons. The lowest BCUT2D eigenvalue weighted by atomic mass is 10.2. The molecule has 0 aromatic carbocycles. The molecule has 0 fully saturated rings. The van der Waals surface area contributed by atoms with Crippen molar-refractivity contribution in [2.24, 2.45) is 5.73 Å². The lowest BCUT2D eigenvalue weighted by Gasteiger charge is -2.05. The normalized spacial score (nSPS) is 10.8. The van der Waals surface area contributed by atoms with Crippen molar-refractivity contribution in [3.8, 4) is 0 Å². The molecule has 4 N–H and O–H groups in total. The summed E-state index contributed by atoms with van der Waals surface area (Å²) < 4.78 is 0. The van der Waals surface area contributed by atoms with Gasteiger partial charge in [-0.1, -0.05) is 26.2 Å². The summed E-state index contributed by atoms with van der Waals surface area (Å²) in [5.74, 6) is 0. The molecule has 0 unspecified atom stereocenters. The first-order valence-corrected chi connectivity index (χ1v) is 6.53. The molecule has 0 spiro atoms. The highest BCUT2D eigenvalue weighted by molar-refractivity contribution is 4.53. The predicted octanol–water partition coefficient (Wildman–Crippen LogP) is 1.48. The molecule has 0 amide bonds. The van der Waals surface area contributed by atoms with Gasteiger partial charge in [0, 0.05) is 0 Å². The van der Waals surface area contributed by atoms with Gasteiger partial charge in [-0.15, -0.1) is 0 Å². The van der Waals surface area contributed by atoms with E-state index in [0.717, 1.165) is 32.6 Å². The summed E-state index contributed by atoms with van der Waals surface area (Å²) in [6.45, 7) is 7.54. The Morgan fingerprint density at radius 2 is 1.33 bits per heavy atom. The SMILES string of the molecule is CCCCCCNCCCNCCCN. The van der Waals surface area contributed by atoms with Gasteiger partial charge in [0.25, 0.3) is 0 Å². The van der Waals surface area contributed by atoms with Crippen molar-refractivity contribution in [1.29, 1.82) is 0 Å². The topological polar surface area (TPSA) is 50.1 Å². The average Bonchev–Trinajstić information content (AvgIpc) is 2.26. The molecule has 0 aliphatic rings. The van der Waals surface area contributed by atoms with E-state index in [0.29, 0.717) is 0 Å². The van der Waals surface area contributed by atoms with Crippen LogP contribution in [-0.4, -0.2) is 32.7 Å². The Bertz CT molecular complexity index is 95.0. The molecule has 3 nitrogen and oxygen atoms in total. The van der Waals surface area contributed by atoms with Crippen LogP contribution >= 0.6 is 0 Å². The van der Waals surface area contributed by atoms with E-state index >= 15 is 0 Å². The Kier molecular flexibility index (Phi) is 13.8. The third-order valence-corrected chi connectivity index (χ3v) is 2.47. The van der Waals surface area contributed by atoms with E-state index in [9.17, 15) is 0 Å². The van der Waals surface area contributed by atoms with Crippen molar-refractivity contribution in [3.05, 3.63) is 0 Å². The molecular weight excluding hydrogens is 186 g/mol. The number of nitrogens with one attached hydrogen (secondary N) is 2. The fourth-order valence-electron chi connectivity index (χ4n) is 1.49. The summed E-state index contributed by atoms with van der Waals surface area (Å²) in [6.07, 6.45) is 7.71. The van der Waals surface area contributed by atoms with E-state index in [1.807, 2.05) is 0 Å². The Hall–Kier alpha value is -0.120.